The van der Waals surface area contributed by atoms with Crippen LogP contribution in [0.2, 0.25) is 0 Å². The average Bonchev–Trinajstić information content (AvgIpc) is 2.63. The Hall–Kier alpha value is -2.63. The average molecular weight is 353 g/mol. The Labute approximate surface area is 147 Å². The molecule has 0 aromatic heterocycles. The molecule has 0 amide bonds. The lowest BCUT2D eigenvalue weighted by atomic mass is 9.88. The quantitative estimate of drug-likeness (QED) is 0.734. The van der Waals surface area contributed by atoms with Gasteiger partial charge in [0.15, 0.2) is 0 Å². The summed E-state index contributed by atoms with van der Waals surface area (Å²) in [5.41, 5.74) is -0.0258. The van der Waals surface area contributed by atoms with Gasteiger partial charge in [-0.2, -0.15) is 0 Å². The van der Waals surface area contributed by atoms with Crippen LogP contribution in [0.4, 0.5) is 5.69 Å². The molecule has 0 aliphatic heterocycles. The summed E-state index contributed by atoms with van der Waals surface area (Å²) < 4.78 is 28.3. The number of hydrogen-bond donors (Lipinski definition) is 2. The summed E-state index contributed by atoms with van der Waals surface area (Å²) in [6.07, 6.45) is 0. The molecule has 3 aromatic rings. The third-order valence-corrected chi connectivity index (χ3v) is 5.50. The molecule has 0 spiro atoms. The van der Waals surface area contributed by atoms with Gasteiger partial charge in [-0.25, -0.2) is 8.42 Å². The van der Waals surface area contributed by atoms with E-state index >= 15 is 0 Å². The summed E-state index contributed by atoms with van der Waals surface area (Å²) in [4.78, 5) is 0.0488. The Kier molecular flexibility index (Phi) is 4.61. The van der Waals surface area contributed by atoms with Crippen LogP contribution in [-0.2, 0) is 15.6 Å². The van der Waals surface area contributed by atoms with Crippen molar-refractivity contribution in [1.82, 2.24) is 0 Å². The molecule has 0 fully saturated rings. The molecule has 128 valence electrons. The van der Waals surface area contributed by atoms with E-state index in [0.29, 0.717) is 16.8 Å². The summed E-state index contributed by atoms with van der Waals surface area (Å²) >= 11 is 0. The SMILES string of the molecule is C[C@](O)(c1ccccc1)c1ccccc1S(=O)(=O)Nc1ccccc1. The van der Waals surface area contributed by atoms with Crippen LogP contribution in [0, 0.1) is 0 Å². The highest BCUT2D eigenvalue weighted by molar-refractivity contribution is 7.92. The van der Waals surface area contributed by atoms with Crippen molar-refractivity contribution in [2.45, 2.75) is 17.4 Å². The van der Waals surface area contributed by atoms with Crippen molar-refractivity contribution in [2.75, 3.05) is 4.72 Å². The van der Waals surface area contributed by atoms with Gasteiger partial charge in [-0.1, -0.05) is 66.7 Å². The van der Waals surface area contributed by atoms with E-state index in [9.17, 15) is 13.5 Å². The highest BCUT2D eigenvalue weighted by Gasteiger charge is 2.32. The van der Waals surface area contributed by atoms with Crippen LogP contribution in [0.25, 0.3) is 0 Å². The number of anilines is 1. The number of nitrogens with one attached hydrogen (secondary N) is 1. The fraction of sp³-hybridized carbons (Fsp3) is 0.100. The predicted octanol–water partition coefficient (Wildman–Crippen LogP) is 3.74. The minimum absolute atomic E-state index is 0.0488. The highest BCUT2D eigenvalue weighted by Crippen LogP contribution is 2.34. The Balaban J connectivity index is 2.07. The first-order chi connectivity index (χ1) is 11.9. The summed E-state index contributed by atoms with van der Waals surface area (Å²) in [5.74, 6) is 0. The van der Waals surface area contributed by atoms with Gasteiger partial charge in [0.2, 0.25) is 0 Å². The molecule has 2 N–H and O–H groups in total. The van der Waals surface area contributed by atoms with E-state index in [1.54, 1.807) is 61.5 Å². The van der Waals surface area contributed by atoms with Crippen LogP contribution in [0.5, 0.6) is 0 Å². The zero-order chi connectivity index (χ0) is 17.9. The van der Waals surface area contributed by atoms with Gasteiger partial charge in [-0.3, -0.25) is 4.72 Å². The van der Waals surface area contributed by atoms with Gasteiger partial charge in [-0.15, -0.1) is 0 Å². The number of aliphatic hydroxyl groups is 1. The van der Waals surface area contributed by atoms with E-state index in [1.165, 1.54) is 6.07 Å². The first-order valence-corrected chi connectivity index (χ1v) is 9.35. The molecule has 3 rings (SSSR count). The van der Waals surface area contributed by atoms with Crippen LogP contribution in [0.15, 0.2) is 89.8 Å². The van der Waals surface area contributed by atoms with Crippen LogP contribution >= 0.6 is 0 Å². The molecule has 0 radical (unpaired) electrons. The van der Waals surface area contributed by atoms with Crippen molar-refractivity contribution < 1.29 is 13.5 Å². The zero-order valence-corrected chi connectivity index (χ0v) is 14.6. The van der Waals surface area contributed by atoms with Crippen molar-refractivity contribution in [3.8, 4) is 0 Å². The Bertz CT molecular complexity index is 953. The molecule has 0 aliphatic carbocycles. The summed E-state index contributed by atoms with van der Waals surface area (Å²) in [6, 6.07) is 24.2. The number of sulfonamides is 1. The number of para-hydroxylation sites is 1. The first-order valence-electron chi connectivity index (χ1n) is 7.86. The highest BCUT2D eigenvalue weighted by atomic mass is 32.2. The fourth-order valence-corrected chi connectivity index (χ4v) is 4.11. The van der Waals surface area contributed by atoms with Gasteiger partial charge in [-0.05, 0) is 30.7 Å². The van der Waals surface area contributed by atoms with E-state index in [4.69, 9.17) is 0 Å². The first kappa shape index (κ1) is 17.2. The Morgan fingerprint density at radius 3 is 1.96 bits per heavy atom. The largest absolute Gasteiger partial charge is 0.381 e. The van der Waals surface area contributed by atoms with Crippen molar-refractivity contribution >= 4 is 15.7 Å². The molecular weight excluding hydrogens is 334 g/mol. The van der Waals surface area contributed by atoms with Crippen molar-refractivity contribution in [1.29, 1.82) is 0 Å². The lowest BCUT2D eigenvalue weighted by molar-refractivity contribution is 0.0991. The van der Waals surface area contributed by atoms with E-state index in [1.807, 2.05) is 24.3 Å². The molecule has 5 heteroatoms. The molecule has 0 heterocycles. The maximum Gasteiger partial charge on any atom is 0.262 e. The molecular formula is C20H19NO3S. The van der Waals surface area contributed by atoms with Crippen LogP contribution in [-0.4, -0.2) is 13.5 Å². The lowest BCUT2D eigenvalue weighted by Crippen LogP contribution is -2.27. The van der Waals surface area contributed by atoms with E-state index in [2.05, 4.69) is 4.72 Å². The summed E-state index contributed by atoms with van der Waals surface area (Å²) in [6.45, 7) is 1.60. The van der Waals surface area contributed by atoms with Gasteiger partial charge < -0.3 is 5.11 Å². The van der Waals surface area contributed by atoms with Crippen molar-refractivity contribution in [3.05, 3.63) is 96.1 Å². The normalized spacial score (nSPS) is 13.8. The smallest absolute Gasteiger partial charge is 0.262 e. The molecule has 4 nitrogen and oxygen atoms in total. The number of benzene rings is 3. The minimum Gasteiger partial charge on any atom is -0.381 e. The van der Waals surface area contributed by atoms with Gasteiger partial charge >= 0.3 is 0 Å². The fourth-order valence-electron chi connectivity index (χ4n) is 2.74. The molecule has 3 aromatic carbocycles. The van der Waals surface area contributed by atoms with Crippen molar-refractivity contribution in [3.63, 3.8) is 0 Å². The lowest BCUT2D eigenvalue weighted by Gasteiger charge is -2.27. The molecule has 0 saturated carbocycles. The van der Waals surface area contributed by atoms with E-state index in [-0.39, 0.29) is 4.90 Å². The number of rotatable bonds is 5. The third-order valence-electron chi connectivity index (χ3n) is 4.06. The molecule has 25 heavy (non-hydrogen) atoms. The molecule has 1 atom stereocenters. The van der Waals surface area contributed by atoms with Crippen LogP contribution in [0.3, 0.4) is 0 Å². The molecule has 0 saturated heterocycles. The van der Waals surface area contributed by atoms with Crippen LogP contribution < -0.4 is 4.72 Å². The van der Waals surface area contributed by atoms with Gasteiger partial charge in [0.25, 0.3) is 10.0 Å². The Morgan fingerprint density at radius 1 is 0.800 bits per heavy atom. The Morgan fingerprint density at radius 2 is 1.32 bits per heavy atom. The third kappa shape index (κ3) is 3.57. The molecule has 0 unspecified atom stereocenters. The zero-order valence-electron chi connectivity index (χ0n) is 13.8. The maximum absolute atomic E-state index is 12.9. The molecule has 0 bridgehead atoms. The summed E-state index contributed by atoms with van der Waals surface area (Å²) in [5, 5.41) is 11.1. The topological polar surface area (TPSA) is 66.4 Å². The van der Waals surface area contributed by atoms with Crippen LogP contribution in [0.1, 0.15) is 18.1 Å². The van der Waals surface area contributed by atoms with Crippen molar-refractivity contribution in [2.24, 2.45) is 0 Å². The van der Waals surface area contributed by atoms with Gasteiger partial charge in [0.05, 0.1) is 4.90 Å². The molecule has 0 aliphatic rings. The minimum atomic E-state index is -3.85. The monoisotopic (exact) mass is 353 g/mol. The standard InChI is InChI=1S/C20H19NO3S/c1-20(22,16-10-4-2-5-11-16)18-14-8-9-15-19(18)25(23,24)21-17-12-6-3-7-13-17/h2-15,21-22H,1H3/t20-/m0/s1. The van der Waals surface area contributed by atoms with Gasteiger partial charge in [0, 0.05) is 11.3 Å². The second-order valence-electron chi connectivity index (χ2n) is 5.91. The maximum atomic E-state index is 12.9. The van der Waals surface area contributed by atoms with Gasteiger partial charge in [0.1, 0.15) is 5.60 Å². The predicted molar refractivity (Wildman–Crippen MR) is 98.8 cm³/mol. The van der Waals surface area contributed by atoms with E-state index < -0.39 is 15.6 Å². The second kappa shape index (κ2) is 6.70. The summed E-state index contributed by atoms with van der Waals surface area (Å²) in [7, 11) is -3.85. The second-order valence-corrected chi connectivity index (χ2v) is 7.56. The number of hydrogen-bond acceptors (Lipinski definition) is 3. The van der Waals surface area contributed by atoms with E-state index in [0.717, 1.165) is 0 Å².